The SMILES string of the molecule is CC(C)(C)OC(=O)C[C@H]1C[C@@H](COCc2ccccc2)C1(C)C. The second kappa shape index (κ2) is 7.04. The molecule has 23 heavy (non-hydrogen) atoms. The summed E-state index contributed by atoms with van der Waals surface area (Å²) in [6, 6.07) is 10.2. The Morgan fingerprint density at radius 2 is 1.83 bits per heavy atom. The molecule has 3 heteroatoms. The van der Waals surface area contributed by atoms with Crippen molar-refractivity contribution in [3.8, 4) is 0 Å². The molecule has 1 fully saturated rings. The van der Waals surface area contributed by atoms with Gasteiger partial charge in [0, 0.05) is 6.42 Å². The van der Waals surface area contributed by atoms with E-state index in [0.717, 1.165) is 13.0 Å². The molecule has 0 saturated heterocycles. The first-order valence-electron chi connectivity index (χ1n) is 8.52. The number of benzene rings is 1. The minimum Gasteiger partial charge on any atom is -0.460 e. The highest BCUT2D eigenvalue weighted by Crippen LogP contribution is 2.53. The molecular formula is C20H30O3. The Hall–Kier alpha value is -1.35. The van der Waals surface area contributed by atoms with Gasteiger partial charge in [0.25, 0.3) is 0 Å². The van der Waals surface area contributed by atoms with E-state index in [1.165, 1.54) is 5.56 Å². The van der Waals surface area contributed by atoms with Crippen molar-refractivity contribution in [2.24, 2.45) is 17.3 Å². The van der Waals surface area contributed by atoms with Crippen molar-refractivity contribution in [1.82, 2.24) is 0 Å². The monoisotopic (exact) mass is 318 g/mol. The van der Waals surface area contributed by atoms with Gasteiger partial charge in [-0.1, -0.05) is 44.2 Å². The topological polar surface area (TPSA) is 35.5 Å². The van der Waals surface area contributed by atoms with Crippen molar-refractivity contribution in [1.29, 1.82) is 0 Å². The first kappa shape index (κ1) is 18.0. The molecule has 128 valence electrons. The van der Waals surface area contributed by atoms with Crippen LogP contribution in [0, 0.1) is 17.3 Å². The van der Waals surface area contributed by atoms with E-state index in [1.807, 2.05) is 39.0 Å². The third-order valence-electron chi connectivity index (χ3n) is 4.94. The molecule has 2 atom stereocenters. The summed E-state index contributed by atoms with van der Waals surface area (Å²) >= 11 is 0. The third-order valence-corrected chi connectivity index (χ3v) is 4.94. The lowest BCUT2D eigenvalue weighted by Gasteiger charge is -2.52. The standard InChI is InChI=1S/C20H30O3/c1-19(2,3)23-18(21)12-16-11-17(20(16,4)5)14-22-13-15-9-7-6-8-10-15/h6-10,16-17H,11-14H2,1-5H3/t16-,17+/m1/s1. The zero-order chi connectivity index (χ0) is 17.1. The summed E-state index contributed by atoms with van der Waals surface area (Å²) in [6.45, 7) is 11.6. The second-order valence-electron chi connectivity index (χ2n) is 8.24. The highest BCUT2D eigenvalue weighted by molar-refractivity contribution is 5.70. The van der Waals surface area contributed by atoms with Gasteiger partial charge >= 0.3 is 5.97 Å². The highest BCUT2D eigenvalue weighted by Gasteiger charge is 2.48. The predicted octanol–water partition coefficient (Wildman–Crippen LogP) is 4.60. The Morgan fingerprint density at radius 3 is 2.39 bits per heavy atom. The number of ether oxygens (including phenoxy) is 2. The van der Waals surface area contributed by atoms with Crippen LogP contribution in [-0.4, -0.2) is 18.2 Å². The number of hydrogen-bond acceptors (Lipinski definition) is 3. The minimum absolute atomic E-state index is 0.0840. The normalized spacial score (nSPS) is 23.2. The molecule has 1 aliphatic rings. The van der Waals surface area contributed by atoms with Crippen LogP contribution in [0.25, 0.3) is 0 Å². The van der Waals surface area contributed by atoms with Crippen molar-refractivity contribution < 1.29 is 14.3 Å². The Labute approximate surface area is 140 Å². The first-order chi connectivity index (χ1) is 10.7. The molecular weight excluding hydrogens is 288 g/mol. The van der Waals surface area contributed by atoms with Gasteiger partial charge in [0.05, 0.1) is 13.2 Å². The van der Waals surface area contributed by atoms with Crippen LogP contribution in [0.5, 0.6) is 0 Å². The zero-order valence-corrected chi connectivity index (χ0v) is 15.1. The van der Waals surface area contributed by atoms with Crippen LogP contribution in [0.4, 0.5) is 0 Å². The fourth-order valence-corrected chi connectivity index (χ4v) is 3.23. The largest absolute Gasteiger partial charge is 0.460 e. The summed E-state index contributed by atoms with van der Waals surface area (Å²) in [7, 11) is 0. The minimum atomic E-state index is -0.400. The maximum atomic E-state index is 12.0. The van der Waals surface area contributed by atoms with E-state index in [-0.39, 0.29) is 11.4 Å². The van der Waals surface area contributed by atoms with E-state index in [4.69, 9.17) is 9.47 Å². The van der Waals surface area contributed by atoms with Crippen molar-refractivity contribution in [2.75, 3.05) is 6.61 Å². The third kappa shape index (κ3) is 5.07. The van der Waals surface area contributed by atoms with Crippen LogP contribution < -0.4 is 0 Å². The fourth-order valence-electron chi connectivity index (χ4n) is 3.23. The van der Waals surface area contributed by atoms with Gasteiger partial charge in [-0.2, -0.15) is 0 Å². The van der Waals surface area contributed by atoms with Crippen molar-refractivity contribution in [3.63, 3.8) is 0 Å². The maximum Gasteiger partial charge on any atom is 0.306 e. The van der Waals surface area contributed by atoms with Crippen molar-refractivity contribution >= 4 is 5.97 Å². The zero-order valence-electron chi connectivity index (χ0n) is 15.1. The van der Waals surface area contributed by atoms with E-state index in [1.54, 1.807) is 0 Å². The molecule has 1 aromatic rings. The van der Waals surface area contributed by atoms with Crippen LogP contribution in [0.3, 0.4) is 0 Å². The van der Waals surface area contributed by atoms with Gasteiger partial charge < -0.3 is 9.47 Å². The van der Waals surface area contributed by atoms with Gasteiger partial charge in [0.2, 0.25) is 0 Å². The Bertz CT molecular complexity index is 513. The number of hydrogen-bond donors (Lipinski definition) is 0. The maximum absolute atomic E-state index is 12.0. The van der Waals surface area contributed by atoms with Crippen LogP contribution in [-0.2, 0) is 20.9 Å². The summed E-state index contributed by atoms with van der Waals surface area (Å²) < 4.78 is 11.3. The molecule has 0 radical (unpaired) electrons. The highest BCUT2D eigenvalue weighted by atomic mass is 16.6. The average Bonchev–Trinajstić information content (AvgIpc) is 2.44. The number of carbonyl (C=O) groups is 1. The molecule has 0 aromatic heterocycles. The van der Waals surface area contributed by atoms with Crippen molar-refractivity contribution in [2.45, 2.75) is 59.7 Å². The molecule has 2 rings (SSSR count). The molecule has 0 N–H and O–H groups in total. The number of carbonyl (C=O) groups excluding carboxylic acids is 1. The lowest BCUT2D eigenvalue weighted by Crippen LogP contribution is -2.48. The van der Waals surface area contributed by atoms with E-state index in [0.29, 0.717) is 24.9 Å². The lowest BCUT2D eigenvalue weighted by atomic mass is 9.54. The summed E-state index contributed by atoms with van der Waals surface area (Å²) in [5.41, 5.74) is 0.937. The van der Waals surface area contributed by atoms with Gasteiger partial charge in [0.15, 0.2) is 0 Å². The van der Waals surface area contributed by atoms with Gasteiger partial charge in [-0.25, -0.2) is 0 Å². The Kier molecular flexibility index (Phi) is 5.51. The molecule has 0 unspecified atom stereocenters. The summed E-state index contributed by atoms with van der Waals surface area (Å²) in [4.78, 5) is 12.0. The van der Waals surface area contributed by atoms with Crippen LogP contribution in [0.2, 0.25) is 0 Å². The number of rotatable bonds is 6. The van der Waals surface area contributed by atoms with E-state index < -0.39 is 5.60 Å². The van der Waals surface area contributed by atoms with E-state index >= 15 is 0 Å². The number of esters is 1. The quantitative estimate of drug-likeness (QED) is 0.719. The molecule has 1 aromatic carbocycles. The van der Waals surface area contributed by atoms with Gasteiger partial charge in [-0.15, -0.1) is 0 Å². The van der Waals surface area contributed by atoms with Gasteiger partial charge in [-0.05, 0) is 50.0 Å². The second-order valence-corrected chi connectivity index (χ2v) is 8.24. The Balaban J connectivity index is 1.74. The molecule has 0 aliphatic heterocycles. The predicted molar refractivity (Wildman–Crippen MR) is 91.9 cm³/mol. The fraction of sp³-hybridized carbons (Fsp3) is 0.650. The van der Waals surface area contributed by atoms with Crippen molar-refractivity contribution in [3.05, 3.63) is 35.9 Å². The molecule has 3 nitrogen and oxygen atoms in total. The molecule has 1 aliphatic carbocycles. The summed E-state index contributed by atoms with van der Waals surface area (Å²) in [6.07, 6.45) is 1.56. The van der Waals surface area contributed by atoms with E-state index in [9.17, 15) is 4.79 Å². The van der Waals surface area contributed by atoms with Gasteiger partial charge in [0.1, 0.15) is 5.60 Å². The first-order valence-corrected chi connectivity index (χ1v) is 8.52. The van der Waals surface area contributed by atoms with Crippen LogP contribution in [0.1, 0.15) is 53.0 Å². The van der Waals surface area contributed by atoms with Gasteiger partial charge in [-0.3, -0.25) is 4.79 Å². The summed E-state index contributed by atoms with van der Waals surface area (Å²) in [5.74, 6) is 0.820. The van der Waals surface area contributed by atoms with Crippen LogP contribution >= 0.6 is 0 Å². The molecule has 0 amide bonds. The molecule has 1 saturated carbocycles. The molecule has 0 spiro atoms. The summed E-state index contributed by atoms with van der Waals surface area (Å²) in [5, 5.41) is 0. The smallest absolute Gasteiger partial charge is 0.306 e. The lowest BCUT2D eigenvalue weighted by molar-refractivity contribution is -0.162. The molecule has 0 heterocycles. The van der Waals surface area contributed by atoms with E-state index in [2.05, 4.69) is 26.0 Å². The van der Waals surface area contributed by atoms with Crippen LogP contribution in [0.15, 0.2) is 30.3 Å². The molecule has 0 bridgehead atoms. The average molecular weight is 318 g/mol. The Morgan fingerprint density at radius 1 is 1.17 bits per heavy atom.